The quantitative estimate of drug-likeness (QED) is 0.916. The van der Waals surface area contributed by atoms with Gasteiger partial charge in [-0.3, -0.25) is 0 Å². The van der Waals surface area contributed by atoms with Crippen LogP contribution in [0.3, 0.4) is 0 Å². The number of benzene rings is 1. The first kappa shape index (κ1) is 13.5. The summed E-state index contributed by atoms with van der Waals surface area (Å²) in [5.41, 5.74) is 6.47. The first-order chi connectivity index (χ1) is 8.72. The van der Waals surface area contributed by atoms with Crippen molar-refractivity contribution in [3.63, 3.8) is 0 Å². The Balaban J connectivity index is 2.22. The van der Waals surface area contributed by atoms with Crippen molar-refractivity contribution in [3.8, 4) is 0 Å². The van der Waals surface area contributed by atoms with E-state index >= 15 is 0 Å². The molecule has 0 amide bonds. The zero-order valence-corrected chi connectivity index (χ0v) is 11.7. The molecule has 2 rings (SSSR count). The molecule has 1 heterocycles. The summed E-state index contributed by atoms with van der Waals surface area (Å²) in [6.45, 7) is 2.53. The Morgan fingerprint density at radius 2 is 2.28 bits per heavy atom. The smallest absolute Gasteiger partial charge is 0.174 e. The van der Waals surface area contributed by atoms with E-state index in [4.69, 9.17) is 5.73 Å². The van der Waals surface area contributed by atoms with E-state index in [1.807, 2.05) is 6.92 Å². The van der Waals surface area contributed by atoms with E-state index in [0.29, 0.717) is 13.0 Å². The van der Waals surface area contributed by atoms with E-state index in [9.17, 15) is 4.39 Å². The fourth-order valence-electron chi connectivity index (χ4n) is 1.52. The number of nitrogens with zero attached hydrogens (tertiary/aromatic N) is 2. The fraction of sp³-hybridized carbons (Fsp3) is 0.333. The van der Waals surface area contributed by atoms with E-state index in [2.05, 4.69) is 9.36 Å². The molecule has 0 aliphatic rings. The Morgan fingerprint density at radius 1 is 1.44 bits per heavy atom. The second kappa shape index (κ2) is 6.26. The van der Waals surface area contributed by atoms with Crippen molar-refractivity contribution < 1.29 is 4.39 Å². The normalized spacial score (nSPS) is 10.8. The van der Waals surface area contributed by atoms with Crippen LogP contribution in [-0.2, 0) is 12.8 Å². The molecule has 0 spiro atoms. The van der Waals surface area contributed by atoms with Crippen molar-refractivity contribution in [3.05, 3.63) is 35.4 Å². The number of nitrogens with two attached hydrogens (primary N) is 1. The molecule has 96 valence electrons. The lowest BCUT2D eigenvalue weighted by Gasteiger charge is -2.06. The number of rotatable bonds is 5. The van der Waals surface area contributed by atoms with Crippen molar-refractivity contribution in [1.29, 1.82) is 0 Å². The summed E-state index contributed by atoms with van der Waals surface area (Å²) in [5.74, 6) is 0.624. The topological polar surface area (TPSA) is 51.8 Å². The maximum absolute atomic E-state index is 13.2. The molecule has 0 aliphatic heterocycles. The van der Waals surface area contributed by atoms with Gasteiger partial charge in [0.2, 0.25) is 0 Å². The molecule has 0 fully saturated rings. The van der Waals surface area contributed by atoms with E-state index in [1.54, 1.807) is 6.07 Å². The number of halogens is 1. The van der Waals surface area contributed by atoms with Gasteiger partial charge in [-0.25, -0.2) is 9.37 Å². The van der Waals surface area contributed by atoms with Gasteiger partial charge in [-0.2, -0.15) is 4.37 Å². The molecule has 2 aromatic rings. The number of hydrogen-bond donors (Lipinski definition) is 1. The monoisotopic (exact) mass is 283 g/mol. The third kappa shape index (κ3) is 3.28. The molecule has 1 aromatic carbocycles. The third-order valence-electron chi connectivity index (χ3n) is 2.40. The number of hydrogen-bond acceptors (Lipinski definition) is 5. The Labute approximate surface area is 114 Å². The summed E-state index contributed by atoms with van der Waals surface area (Å²) < 4.78 is 18.3. The van der Waals surface area contributed by atoms with Crippen LogP contribution in [0.25, 0.3) is 0 Å². The molecular weight excluding hydrogens is 269 g/mol. The molecule has 0 unspecified atom stereocenters. The van der Waals surface area contributed by atoms with E-state index in [0.717, 1.165) is 27.0 Å². The Hall–Kier alpha value is -0.980. The molecule has 0 saturated carbocycles. The highest BCUT2D eigenvalue weighted by molar-refractivity contribution is 8.01. The summed E-state index contributed by atoms with van der Waals surface area (Å²) in [5, 5.41) is 0. The lowest BCUT2D eigenvalue weighted by molar-refractivity contribution is 0.623. The van der Waals surface area contributed by atoms with Gasteiger partial charge in [0.1, 0.15) is 11.6 Å². The van der Waals surface area contributed by atoms with Crippen LogP contribution in [0, 0.1) is 5.82 Å². The van der Waals surface area contributed by atoms with E-state index in [-0.39, 0.29) is 5.82 Å². The number of aromatic nitrogens is 2. The molecule has 0 atom stereocenters. The standard InChI is InChI=1S/C12H14FN3S2/c1-2-11-15-12(18-16-11)17-10-4-3-9(13)7-8(10)5-6-14/h3-4,7H,2,5-6,14H2,1H3. The summed E-state index contributed by atoms with van der Waals surface area (Å²) in [6, 6.07) is 4.78. The van der Waals surface area contributed by atoms with Crippen LogP contribution in [0.5, 0.6) is 0 Å². The van der Waals surface area contributed by atoms with Crippen molar-refractivity contribution in [1.82, 2.24) is 9.36 Å². The lowest BCUT2D eigenvalue weighted by atomic mass is 10.1. The molecule has 0 aliphatic carbocycles. The Kier molecular flexibility index (Phi) is 4.68. The van der Waals surface area contributed by atoms with Crippen LogP contribution < -0.4 is 5.73 Å². The predicted octanol–water partition coefficient (Wildman–Crippen LogP) is 2.89. The Morgan fingerprint density at radius 3 is 2.94 bits per heavy atom. The molecule has 1 aromatic heterocycles. The van der Waals surface area contributed by atoms with Crippen LogP contribution in [0.15, 0.2) is 27.4 Å². The van der Waals surface area contributed by atoms with Crippen LogP contribution in [-0.4, -0.2) is 15.9 Å². The van der Waals surface area contributed by atoms with Crippen molar-refractivity contribution in [2.45, 2.75) is 29.0 Å². The van der Waals surface area contributed by atoms with Crippen LogP contribution in [0.4, 0.5) is 4.39 Å². The van der Waals surface area contributed by atoms with Gasteiger partial charge in [0.15, 0.2) is 4.34 Å². The summed E-state index contributed by atoms with van der Waals surface area (Å²) in [6.07, 6.45) is 1.50. The molecule has 6 heteroatoms. The first-order valence-corrected chi connectivity index (χ1v) is 7.31. The van der Waals surface area contributed by atoms with Crippen LogP contribution in [0.1, 0.15) is 18.3 Å². The lowest BCUT2D eigenvalue weighted by Crippen LogP contribution is -2.04. The molecule has 3 nitrogen and oxygen atoms in total. The highest BCUT2D eigenvalue weighted by Crippen LogP contribution is 2.32. The van der Waals surface area contributed by atoms with Gasteiger partial charge < -0.3 is 5.73 Å². The van der Waals surface area contributed by atoms with Gasteiger partial charge in [-0.1, -0.05) is 18.7 Å². The van der Waals surface area contributed by atoms with Crippen molar-refractivity contribution in [2.75, 3.05) is 6.54 Å². The highest BCUT2D eigenvalue weighted by Gasteiger charge is 2.09. The zero-order chi connectivity index (χ0) is 13.0. The largest absolute Gasteiger partial charge is 0.330 e. The molecule has 0 bridgehead atoms. The SMILES string of the molecule is CCc1nsc(Sc2ccc(F)cc2CCN)n1. The van der Waals surface area contributed by atoms with E-state index in [1.165, 1.54) is 35.4 Å². The zero-order valence-electron chi connectivity index (χ0n) is 10.0. The van der Waals surface area contributed by atoms with Crippen molar-refractivity contribution in [2.24, 2.45) is 5.73 Å². The van der Waals surface area contributed by atoms with Gasteiger partial charge in [-0.15, -0.1) is 0 Å². The molecule has 18 heavy (non-hydrogen) atoms. The van der Waals surface area contributed by atoms with Gasteiger partial charge in [0.25, 0.3) is 0 Å². The minimum absolute atomic E-state index is 0.227. The van der Waals surface area contributed by atoms with E-state index < -0.39 is 0 Å². The maximum atomic E-state index is 13.2. The summed E-state index contributed by atoms with van der Waals surface area (Å²) >= 11 is 2.90. The third-order valence-corrected chi connectivity index (χ3v) is 4.31. The number of aryl methyl sites for hydroxylation is 1. The van der Waals surface area contributed by atoms with Gasteiger partial charge >= 0.3 is 0 Å². The summed E-state index contributed by atoms with van der Waals surface area (Å²) in [4.78, 5) is 5.39. The maximum Gasteiger partial charge on any atom is 0.174 e. The molecule has 2 N–H and O–H groups in total. The molecule has 0 saturated heterocycles. The van der Waals surface area contributed by atoms with Crippen LogP contribution in [0.2, 0.25) is 0 Å². The fourth-order valence-corrected chi connectivity index (χ4v) is 3.31. The van der Waals surface area contributed by atoms with Crippen molar-refractivity contribution >= 4 is 23.3 Å². The second-order valence-corrected chi connectivity index (χ2v) is 5.76. The van der Waals surface area contributed by atoms with Gasteiger partial charge in [-0.05, 0) is 48.3 Å². The average molecular weight is 283 g/mol. The highest BCUT2D eigenvalue weighted by atomic mass is 32.2. The minimum atomic E-state index is -0.227. The second-order valence-electron chi connectivity index (χ2n) is 3.72. The molecule has 0 radical (unpaired) electrons. The summed E-state index contributed by atoms with van der Waals surface area (Å²) in [7, 11) is 0. The van der Waals surface area contributed by atoms with Gasteiger partial charge in [0.05, 0.1) is 0 Å². The van der Waals surface area contributed by atoms with Crippen LogP contribution >= 0.6 is 23.3 Å². The molecular formula is C12H14FN3S2. The average Bonchev–Trinajstić information content (AvgIpc) is 2.81. The predicted molar refractivity (Wildman–Crippen MR) is 72.6 cm³/mol. The van der Waals surface area contributed by atoms with Gasteiger partial charge in [0, 0.05) is 11.3 Å². The first-order valence-electron chi connectivity index (χ1n) is 5.72. The Bertz CT molecular complexity index is 528. The minimum Gasteiger partial charge on any atom is -0.330 e.